The van der Waals surface area contributed by atoms with E-state index in [1.807, 2.05) is 0 Å². The first-order valence-electron chi connectivity index (χ1n) is 6.65. The van der Waals surface area contributed by atoms with Gasteiger partial charge in [-0.3, -0.25) is 4.90 Å². The molecule has 0 aliphatic heterocycles. The van der Waals surface area contributed by atoms with Gasteiger partial charge in [0.15, 0.2) is 0 Å². The van der Waals surface area contributed by atoms with Crippen molar-refractivity contribution in [1.29, 1.82) is 0 Å². The van der Waals surface area contributed by atoms with Gasteiger partial charge in [0.2, 0.25) is 0 Å². The van der Waals surface area contributed by atoms with E-state index < -0.39 is 0 Å². The summed E-state index contributed by atoms with van der Waals surface area (Å²) in [7, 11) is 2.17. The van der Waals surface area contributed by atoms with Crippen molar-refractivity contribution < 1.29 is 0 Å². The molecule has 102 valence electrons. The van der Waals surface area contributed by atoms with Gasteiger partial charge in [-0.05, 0) is 37.3 Å². The fourth-order valence-electron chi connectivity index (χ4n) is 2.48. The van der Waals surface area contributed by atoms with Gasteiger partial charge < -0.3 is 5.73 Å². The Kier molecular flexibility index (Phi) is 3.98. The predicted octanol–water partition coefficient (Wildman–Crippen LogP) is 3.04. The first-order valence-corrected chi connectivity index (χ1v) is 8.47. The van der Waals surface area contributed by atoms with Gasteiger partial charge in [0.25, 0.3) is 0 Å². The number of hydrogen-bond donors (Lipinski definition) is 1. The molecule has 2 aromatic rings. The smallest absolute Gasteiger partial charge is 0.124 e. The van der Waals surface area contributed by atoms with Gasteiger partial charge in [-0.25, -0.2) is 4.98 Å². The van der Waals surface area contributed by atoms with Crippen LogP contribution in [0.1, 0.15) is 18.5 Å². The first-order chi connectivity index (χ1) is 9.28. The second-order valence-corrected chi connectivity index (χ2v) is 6.85. The zero-order valence-corrected chi connectivity index (χ0v) is 12.7. The molecule has 1 unspecified atom stereocenters. The highest BCUT2D eigenvalue weighted by Crippen LogP contribution is 2.35. The predicted molar refractivity (Wildman–Crippen MR) is 82.5 cm³/mol. The van der Waals surface area contributed by atoms with E-state index in [-0.39, 0.29) is 0 Å². The summed E-state index contributed by atoms with van der Waals surface area (Å²) in [4.78, 5) is 7.10. The largest absolute Gasteiger partial charge is 0.329 e. The molecular formula is C14H19N3S2. The first kappa shape index (κ1) is 13.2. The minimum absolute atomic E-state index is 0.520. The van der Waals surface area contributed by atoms with E-state index >= 15 is 0 Å². The Balaban J connectivity index is 1.66. The molecule has 5 heteroatoms. The van der Waals surface area contributed by atoms with Crippen LogP contribution in [0, 0.1) is 5.92 Å². The van der Waals surface area contributed by atoms with Gasteiger partial charge in [-0.15, -0.1) is 11.3 Å². The van der Waals surface area contributed by atoms with Crippen LogP contribution in [0.3, 0.4) is 0 Å². The van der Waals surface area contributed by atoms with Crippen LogP contribution in [-0.4, -0.2) is 29.5 Å². The van der Waals surface area contributed by atoms with E-state index in [1.54, 1.807) is 22.7 Å². The van der Waals surface area contributed by atoms with Gasteiger partial charge in [-0.1, -0.05) is 0 Å². The second kappa shape index (κ2) is 5.71. The lowest BCUT2D eigenvalue weighted by Crippen LogP contribution is -2.39. The third-order valence-electron chi connectivity index (χ3n) is 3.71. The maximum absolute atomic E-state index is 5.89. The van der Waals surface area contributed by atoms with Crippen molar-refractivity contribution in [3.63, 3.8) is 0 Å². The molecule has 2 aromatic heterocycles. The molecule has 0 radical (unpaired) electrons. The molecule has 1 aliphatic rings. The molecule has 1 aliphatic carbocycles. The zero-order chi connectivity index (χ0) is 13.2. The minimum Gasteiger partial charge on any atom is -0.329 e. The van der Waals surface area contributed by atoms with Gasteiger partial charge >= 0.3 is 0 Å². The van der Waals surface area contributed by atoms with Crippen LogP contribution in [0.2, 0.25) is 0 Å². The summed E-state index contributed by atoms with van der Waals surface area (Å²) in [6.07, 6.45) is 2.67. The third-order valence-corrected chi connectivity index (χ3v) is 5.33. The maximum Gasteiger partial charge on any atom is 0.124 e. The number of thiophene rings is 1. The fraction of sp³-hybridized carbons (Fsp3) is 0.500. The molecule has 0 bridgehead atoms. The Hall–Kier alpha value is -0.750. The molecule has 1 saturated carbocycles. The Morgan fingerprint density at radius 1 is 1.47 bits per heavy atom. The number of rotatable bonds is 6. The van der Waals surface area contributed by atoms with Gasteiger partial charge in [0.1, 0.15) is 5.01 Å². The molecule has 0 spiro atoms. The summed E-state index contributed by atoms with van der Waals surface area (Å²) in [6.45, 7) is 1.65. The number of aromatic nitrogens is 1. The van der Waals surface area contributed by atoms with Crippen molar-refractivity contribution >= 4 is 22.7 Å². The van der Waals surface area contributed by atoms with Crippen LogP contribution in [0.4, 0.5) is 0 Å². The standard InChI is InChI=1S/C14H19N3S2/c1-17(13(6-15)10-2-3-10)7-12-9-19-14(16-12)11-4-5-18-8-11/h4-5,8-10,13H,2-3,6-7,15H2,1H3. The van der Waals surface area contributed by atoms with E-state index in [4.69, 9.17) is 10.7 Å². The van der Waals surface area contributed by atoms with E-state index in [9.17, 15) is 0 Å². The molecule has 2 N–H and O–H groups in total. The molecule has 1 atom stereocenters. The molecule has 3 rings (SSSR count). The number of hydrogen-bond acceptors (Lipinski definition) is 5. The lowest BCUT2D eigenvalue weighted by Gasteiger charge is -2.26. The topological polar surface area (TPSA) is 42.2 Å². The summed E-state index contributed by atoms with van der Waals surface area (Å²) in [5.41, 5.74) is 8.29. The Morgan fingerprint density at radius 2 is 2.32 bits per heavy atom. The van der Waals surface area contributed by atoms with Crippen molar-refractivity contribution in [3.05, 3.63) is 27.9 Å². The molecular weight excluding hydrogens is 274 g/mol. The molecule has 2 heterocycles. The summed E-state index contributed by atoms with van der Waals surface area (Å²) >= 11 is 3.45. The van der Waals surface area contributed by atoms with Crippen LogP contribution in [-0.2, 0) is 6.54 Å². The summed E-state index contributed by atoms with van der Waals surface area (Å²) in [5.74, 6) is 0.810. The van der Waals surface area contributed by atoms with E-state index in [1.165, 1.54) is 18.4 Å². The zero-order valence-electron chi connectivity index (χ0n) is 11.1. The molecule has 0 aromatic carbocycles. The van der Waals surface area contributed by atoms with Gasteiger partial charge in [0, 0.05) is 35.5 Å². The minimum atomic E-state index is 0.520. The van der Waals surface area contributed by atoms with Crippen LogP contribution in [0.25, 0.3) is 10.6 Å². The van der Waals surface area contributed by atoms with Crippen molar-refractivity contribution in [2.75, 3.05) is 13.6 Å². The van der Waals surface area contributed by atoms with Crippen molar-refractivity contribution in [3.8, 4) is 10.6 Å². The van der Waals surface area contributed by atoms with Gasteiger partial charge in [0.05, 0.1) is 5.69 Å². The second-order valence-electron chi connectivity index (χ2n) is 5.21. The summed E-state index contributed by atoms with van der Waals surface area (Å²) < 4.78 is 0. The average Bonchev–Trinajstić information content (AvgIpc) is 2.93. The van der Waals surface area contributed by atoms with E-state index in [0.717, 1.165) is 29.7 Å². The Morgan fingerprint density at radius 3 is 2.95 bits per heavy atom. The highest BCUT2D eigenvalue weighted by Gasteiger charge is 2.32. The van der Waals surface area contributed by atoms with Gasteiger partial charge in [-0.2, -0.15) is 11.3 Å². The van der Waals surface area contributed by atoms with Crippen molar-refractivity contribution in [1.82, 2.24) is 9.88 Å². The average molecular weight is 293 g/mol. The van der Waals surface area contributed by atoms with Crippen LogP contribution in [0.15, 0.2) is 22.2 Å². The molecule has 3 nitrogen and oxygen atoms in total. The van der Waals surface area contributed by atoms with Crippen molar-refractivity contribution in [2.24, 2.45) is 11.7 Å². The molecule has 19 heavy (non-hydrogen) atoms. The lowest BCUT2D eigenvalue weighted by atomic mass is 10.1. The SMILES string of the molecule is CN(Cc1csc(-c2ccsc2)n1)C(CN)C1CC1. The van der Waals surface area contributed by atoms with Crippen LogP contribution >= 0.6 is 22.7 Å². The third kappa shape index (κ3) is 3.05. The normalized spacial score (nSPS) is 17.0. The maximum atomic E-state index is 5.89. The monoisotopic (exact) mass is 293 g/mol. The van der Waals surface area contributed by atoms with E-state index in [2.05, 4.69) is 34.2 Å². The van der Waals surface area contributed by atoms with E-state index in [0.29, 0.717) is 6.04 Å². The quantitative estimate of drug-likeness (QED) is 0.890. The number of likely N-dealkylation sites (N-methyl/N-ethyl adjacent to an activating group) is 1. The molecule has 0 saturated heterocycles. The fourth-order valence-corrected chi connectivity index (χ4v) is 4.01. The molecule has 0 amide bonds. The highest BCUT2D eigenvalue weighted by molar-refractivity contribution is 7.14. The number of nitrogens with zero attached hydrogens (tertiary/aromatic N) is 2. The Bertz CT molecular complexity index is 517. The van der Waals surface area contributed by atoms with Crippen molar-refractivity contribution in [2.45, 2.75) is 25.4 Å². The number of thiazole rings is 1. The number of nitrogens with two attached hydrogens (primary N) is 1. The molecule has 1 fully saturated rings. The van der Waals surface area contributed by atoms with Crippen LogP contribution < -0.4 is 5.73 Å². The summed E-state index contributed by atoms with van der Waals surface area (Å²) in [6, 6.07) is 2.65. The Labute approximate surface area is 122 Å². The van der Waals surface area contributed by atoms with Crippen LogP contribution in [0.5, 0.6) is 0 Å². The summed E-state index contributed by atoms with van der Waals surface area (Å²) in [5, 5.41) is 7.55. The highest BCUT2D eigenvalue weighted by atomic mass is 32.1. The lowest BCUT2D eigenvalue weighted by molar-refractivity contribution is 0.214.